The molecule has 1 rings (SSSR count). The average Bonchev–Trinajstić information content (AvgIpc) is 2.67. The van der Waals surface area contributed by atoms with Gasteiger partial charge >= 0.3 is 0 Å². The second kappa shape index (κ2) is 7.14. The minimum absolute atomic E-state index is 0.848. The van der Waals surface area contributed by atoms with Crippen LogP contribution in [-0.2, 0) is 0 Å². The molecule has 1 fully saturated rings. The molecule has 1 saturated carbocycles. The summed E-state index contributed by atoms with van der Waals surface area (Å²) in [5.41, 5.74) is 0. The van der Waals surface area contributed by atoms with Gasteiger partial charge in [0.05, 0.1) is 0 Å². The fourth-order valence-electron chi connectivity index (χ4n) is 5.16. The molecule has 0 bridgehead atoms. The van der Waals surface area contributed by atoms with Crippen LogP contribution < -0.4 is 0 Å². The molecule has 0 spiro atoms. The molecule has 1 aliphatic rings. The third-order valence-electron chi connectivity index (χ3n) is 5.70. The molecular formula is C19H38. The Morgan fingerprint density at radius 3 is 1.74 bits per heavy atom. The first-order valence-corrected chi connectivity index (χ1v) is 8.79. The molecular weight excluding hydrogens is 228 g/mol. The minimum Gasteiger partial charge on any atom is -0.0651 e. The molecule has 5 atom stereocenters. The normalized spacial score (nSPS) is 33.6. The van der Waals surface area contributed by atoms with E-state index in [0.29, 0.717) is 0 Å². The van der Waals surface area contributed by atoms with E-state index in [0.717, 1.165) is 47.3 Å². The van der Waals surface area contributed by atoms with Gasteiger partial charge in [-0.2, -0.15) is 0 Å². The summed E-state index contributed by atoms with van der Waals surface area (Å²) < 4.78 is 0. The van der Waals surface area contributed by atoms with E-state index >= 15 is 0 Å². The molecule has 0 heterocycles. The maximum atomic E-state index is 2.52. The van der Waals surface area contributed by atoms with Crippen LogP contribution in [0.4, 0.5) is 0 Å². The van der Waals surface area contributed by atoms with E-state index in [1.165, 1.54) is 19.3 Å². The predicted octanol–water partition coefficient (Wildman–Crippen LogP) is 6.26. The smallest absolute Gasteiger partial charge is 0.0327 e. The van der Waals surface area contributed by atoms with Gasteiger partial charge in [-0.25, -0.2) is 0 Å². The van der Waals surface area contributed by atoms with Crippen LogP contribution >= 0.6 is 0 Å². The largest absolute Gasteiger partial charge is 0.0651 e. The van der Waals surface area contributed by atoms with E-state index in [1.54, 1.807) is 0 Å². The molecule has 0 aliphatic heterocycles. The van der Waals surface area contributed by atoms with E-state index in [1.807, 2.05) is 0 Å². The van der Waals surface area contributed by atoms with E-state index < -0.39 is 0 Å². The van der Waals surface area contributed by atoms with Crippen molar-refractivity contribution in [2.75, 3.05) is 0 Å². The summed E-state index contributed by atoms with van der Waals surface area (Å²) in [5.74, 6) is 7.33. The van der Waals surface area contributed by atoms with Crippen molar-refractivity contribution in [1.82, 2.24) is 0 Å². The van der Waals surface area contributed by atoms with Crippen LogP contribution in [-0.4, -0.2) is 0 Å². The summed E-state index contributed by atoms with van der Waals surface area (Å²) in [6.45, 7) is 19.5. The van der Waals surface area contributed by atoms with Crippen molar-refractivity contribution in [2.24, 2.45) is 47.3 Å². The Kier molecular flexibility index (Phi) is 6.40. The fraction of sp³-hybridized carbons (Fsp3) is 1.00. The third-order valence-corrected chi connectivity index (χ3v) is 5.70. The van der Waals surface area contributed by atoms with Gasteiger partial charge < -0.3 is 0 Å². The van der Waals surface area contributed by atoms with Crippen LogP contribution in [0.15, 0.2) is 0 Å². The summed E-state index contributed by atoms with van der Waals surface area (Å²) in [5, 5.41) is 0. The minimum atomic E-state index is 0.848. The summed E-state index contributed by atoms with van der Waals surface area (Å²) >= 11 is 0. The Morgan fingerprint density at radius 1 is 0.842 bits per heavy atom. The molecule has 0 saturated heterocycles. The van der Waals surface area contributed by atoms with Gasteiger partial charge in [-0.3, -0.25) is 0 Å². The van der Waals surface area contributed by atoms with Crippen molar-refractivity contribution in [3.63, 3.8) is 0 Å². The van der Waals surface area contributed by atoms with Crippen LogP contribution in [0.25, 0.3) is 0 Å². The summed E-state index contributed by atoms with van der Waals surface area (Å²) in [6, 6.07) is 0. The van der Waals surface area contributed by atoms with Gasteiger partial charge in [0.2, 0.25) is 0 Å². The number of rotatable bonds is 6. The zero-order valence-corrected chi connectivity index (χ0v) is 14.7. The van der Waals surface area contributed by atoms with Gasteiger partial charge in [-0.15, -0.1) is 0 Å². The highest BCUT2D eigenvalue weighted by Gasteiger charge is 2.46. The number of hydrogen-bond donors (Lipinski definition) is 0. The molecule has 0 aromatic heterocycles. The molecule has 19 heavy (non-hydrogen) atoms. The van der Waals surface area contributed by atoms with Crippen molar-refractivity contribution in [1.29, 1.82) is 0 Å². The molecule has 0 N–H and O–H groups in total. The van der Waals surface area contributed by atoms with Gasteiger partial charge in [0.25, 0.3) is 0 Å². The van der Waals surface area contributed by atoms with Crippen LogP contribution in [0.1, 0.15) is 74.7 Å². The van der Waals surface area contributed by atoms with E-state index in [9.17, 15) is 0 Å². The standard InChI is InChI=1S/C19H38/c1-9-16-11-17(15(8)10-12(2)3)19(14(6)7)18(16)13(4)5/h12-19H,9-11H2,1-8H3. The summed E-state index contributed by atoms with van der Waals surface area (Å²) in [7, 11) is 0. The lowest BCUT2D eigenvalue weighted by Gasteiger charge is -2.35. The quantitative estimate of drug-likeness (QED) is 0.532. The lowest BCUT2D eigenvalue weighted by atomic mass is 9.70. The highest BCUT2D eigenvalue weighted by atomic mass is 14.5. The zero-order chi connectivity index (χ0) is 14.7. The molecule has 1 aliphatic carbocycles. The lowest BCUT2D eigenvalue weighted by molar-refractivity contribution is 0.132. The SMILES string of the molecule is CCC1CC(C(C)CC(C)C)C(C(C)C)C1C(C)C. The first kappa shape index (κ1) is 17.1. The molecule has 0 nitrogen and oxygen atoms in total. The third kappa shape index (κ3) is 3.99. The maximum absolute atomic E-state index is 2.52. The first-order valence-electron chi connectivity index (χ1n) is 8.79. The zero-order valence-electron chi connectivity index (χ0n) is 14.7. The van der Waals surface area contributed by atoms with E-state index in [2.05, 4.69) is 55.4 Å². The Balaban J connectivity index is 2.91. The van der Waals surface area contributed by atoms with Crippen LogP contribution in [0.3, 0.4) is 0 Å². The maximum Gasteiger partial charge on any atom is -0.0327 e. The van der Waals surface area contributed by atoms with Gasteiger partial charge in [0, 0.05) is 0 Å². The lowest BCUT2D eigenvalue weighted by Crippen LogP contribution is -2.29. The molecule has 0 radical (unpaired) electrons. The van der Waals surface area contributed by atoms with E-state index in [-0.39, 0.29) is 0 Å². The highest BCUT2D eigenvalue weighted by Crippen LogP contribution is 2.53. The summed E-state index contributed by atoms with van der Waals surface area (Å²) in [4.78, 5) is 0. The first-order chi connectivity index (χ1) is 8.79. The Hall–Kier alpha value is 0. The van der Waals surface area contributed by atoms with Crippen molar-refractivity contribution in [3.8, 4) is 0 Å². The molecule has 0 amide bonds. The van der Waals surface area contributed by atoms with E-state index in [4.69, 9.17) is 0 Å². The Bertz CT molecular complexity index is 251. The van der Waals surface area contributed by atoms with Crippen molar-refractivity contribution in [3.05, 3.63) is 0 Å². The van der Waals surface area contributed by atoms with Crippen LogP contribution in [0, 0.1) is 47.3 Å². The van der Waals surface area contributed by atoms with Gasteiger partial charge in [0.1, 0.15) is 0 Å². The Morgan fingerprint density at radius 2 is 1.37 bits per heavy atom. The van der Waals surface area contributed by atoms with Crippen LogP contribution in [0.2, 0.25) is 0 Å². The predicted molar refractivity (Wildman–Crippen MR) is 87.2 cm³/mol. The topological polar surface area (TPSA) is 0 Å². The second-order valence-electron chi connectivity index (χ2n) is 8.32. The average molecular weight is 267 g/mol. The molecule has 5 unspecified atom stereocenters. The molecule has 0 aromatic carbocycles. The van der Waals surface area contributed by atoms with Crippen LogP contribution in [0.5, 0.6) is 0 Å². The van der Waals surface area contributed by atoms with Crippen molar-refractivity contribution in [2.45, 2.75) is 74.7 Å². The molecule has 114 valence electrons. The van der Waals surface area contributed by atoms with Gasteiger partial charge in [-0.1, -0.05) is 61.8 Å². The second-order valence-corrected chi connectivity index (χ2v) is 8.32. The molecule has 0 aromatic rings. The summed E-state index contributed by atoms with van der Waals surface area (Å²) in [6.07, 6.45) is 4.29. The van der Waals surface area contributed by atoms with Crippen molar-refractivity contribution < 1.29 is 0 Å². The van der Waals surface area contributed by atoms with Crippen molar-refractivity contribution >= 4 is 0 Å². The van der Waals surface area contributed by atoms with Gasteiger partial charge in [-0.05, 0) is 60.2 Å². The van der Waals surface area contributed by atoms with Gasteiger partial charge in [0.15, 0.2) is 0 Å². The monoisotopic (exact) mass is 266 g/mol. The number of hydrogen-bond acceptors (Lipinski definition) is 0. The molecule has 0 heteroatoms. The Labute approximate surface area is 122 Å². The highest BCUT2D eigenvalue weighted by molar-refractivity contribution is 4.94. The fourth-order valence-corrected chi connectivity index (χ4v) is 5.16.